The Labute approximate surface area is 137 Å². The normalized spacial score (nSPS) is 10.7. The average molecular weight is 303 g/mol. The number of carbonyl (C=O) groups excluding carboxylic acids is 1. The van der Waals surface area contributed by atoms with Crippen LogP contribution in [-0.2, 0) is 12.8 Å². The van der Waals surface area contributed by atoms with E-state index in [1.54, 1.807) is 0 Å². The van der Waals surface area contributed by atoms with Crippen molar-refractivity contribution in [2.75, 3.05) is 0 Å². The molecule has 2 aromatic carbocycles. The lowest BCUT2D eigenvalue weighted by atomic mass is 10.0. The number of aldehydes is 1. The van der Waals surface area contributed by atoms with E-state index >= 15 is 0 Å². The van der Waals surface area contributed by atoms with Gasteiger partial charge >= 0.3 is 0 Å². The van der Waals surface area contributed by atoms with Gasteiger partial charge < -0.3 is 4.57 Å². The minimum absolute atomic E-state index is 0.760. The Kier molecular flexibility index (Phi) is 4.42. The van der Waals surface area contributed by atoms with Gasteiger partial charge in [0.15, 0.2) is 6.29 Å². The van der Waals surface area contributed by atoms with Gasteiger partial charge in [0.25, 0.3) is 0 Å². The van der Waals surface area contributed by atoms with E-state index in [0.29, 0.717) is 0 Å². The molecule has 1 heterocycles. The Balaban J connectivity index is 1.77. The summed E-state index contributed by atoms with van der Waals surface area (Å²) in [6.07, 6.45) is 3.01. The van der Waals surface area contributed by atoms with Crippen molar-refractivity contribution in [3.63, 3.8) is 0 Å². The molecule has 0 saturated carbocycles. The molecule has 0 bridgehead atoms. The minimum atomic E-state index is 0.760. The largest absolute Gasteiger partial charge is 0.318 e. The second kappa shape index (κ2) is 6.66. The molecule has 3 rings (SSSR count). The van der Waals surface area contributed by atoms with Gasteiger partial charge in [-0.15, -0.1) is 0 Å². The molecule has 2 heteroatoms. The van der Waals surface area contributed by atoms with E-state index in [2.05, 4.69) is 53.1 Å². The lowest BCUT2D eigenvalue weighted by molar-refractivity contribution is 0.112. The summed E-state index contributed by atoms with van der Waals surface area (Å²) in [5, 5.41) is 0. The van der Waals surface area contributed by atoms with Crippen molar-refractivity contribution in [3.05, 3.63) is 88.7 Å². The van der Waals surface area contributed by atoms with Gasteiger partial charge in [0.1, 0.15) is 0 Å². The van der Waals surface area contributed by atoms with E-state index < -0.39 is 0 Å². The first-order chi connectivity index (χ1) is 11.2. The van der Waals surface area contributed by atoms with Crippen LogP contribution in [0.4, 0.5) is 0 Å². The van der Waals surface area contributed by atoms with E-state index in [1.165, 1.54) is 11.1 Å². The Morgan fingerprint density at radius 3 is 2.04 bits per heavy atom. The maximum absolute atomic E-state index is 11.1. The number of aromatic nitrogens is 1. The van der Waals surface area contributed by atoms with Crippen LogP contribution >= 0.6 is 0 Å². The van der Waals surface area contributed by atoms with Crippen LogP contribution in [0.3, 0.4) is 0 Å². The van der Waals surface area contributed by atoms with Gasteiger partial charge in [-0.2, -0.15) is 0 Å². The lowest BCUT2D eigenvalue weighted by Gasteiger charge is -2.10. The Morgan fingerprint density at radius 2 is 1.48 bits per heavy atom. The van der Waals surface area contributed by atoms with Gasteiger partial charge in [0.2, 0.25) is 0 Å². The molecule has 0 atom stereocenters. The maximum Gasteiger partial charge on any atom is 0.151 e. The topological polar surface area (TPSA) is 22.0 Å². The smallest absolute Gasteiger partial charge is 0.151 e. The second-order valence-corrected chi connectivity index (χ2v) is 5.93. The highest BCUT2D eigenvalue weighted by atomic mass is 16.1. The van der Waals surface area contributed by atoms with E-state index in [9.17, 15) is 4.79 Å². The molecule has 0 radical (unpaired) electrons. The first-order valence-corrected chi connectivity index (χ1v) is 7.96. The number of rotatable bonds is 5. The second-order valence-electron chi connectivity index (χ2n) is 5.93. The summed E-state index contributed by atoms with van der Waals surface area (Å²) in [5.41, 5.74) is 6.64. The Bertz CT molecular complexity index is 798. The molecular weight excluding hydrogens is 282 g/mol. The highest BCUT2D eigenvalue weighted by molar-refractivity contribution is 5.77. The minimum Gasteiger partial charge on any atom is -0.318 e. The van der Waals surface area contributed by atoms with Crippen molar-refractivity contribution in [1.29, 1.82) is 0 Å². The van der Waals surface area contributed by atoms with Gasteiger partial charge in [0.05, 0.1) is 0 Å². The van der Waals surface area contributed by atoms with E-state index in [-0.39, 0.29) is 0 Å². The maximum atomic E-state index is 11.1. The van der Waals surface area contributed by atoms with Crippen LogP contribution in [0.2, 0.25) is 0 Å². The fourth-order valence-electron chi connectivity index (χ4n) is 3.05. The third kappa shape index (κ3) is 3.26. The predicted molar refractivity (Wildman–Crippen MR) is 94.5 cm³/mol. The highest BCUT2D eigenvalue weighted by Gasteiger charge is 2.09. The van der Waals surface area contributed by atoms with E-state index in [0.717, 1.165) is 41.8 Å². The van der Waals surface area contributed by atoms with Crippen molar-refractivity contribution in [1.82, 2.24) is 4.57 Å². The first-order valence-electron chi connectivity index (χ1n) is 7.96. The van der Waals surface area contributed by atoms with Crippen LogP contribution in [0, 0.1) is 13.8 Å². The molecule has 0 saturated heterocycles. The summed E-state index contributed by atoms with van der Waals surface area (Å²) in [6, 6.07) is 21.1. The standard InChI is InChI=1S/C21H21NO/c1-16-14-20(15-23)17(2)22(16)21-12-10-19(11-13-21)9-8-18-6-4-3-5-7-18/h3-7,10-15H,8-9H2,1-2H3. The number of aryl methyl sites for hydroxylation is 3. The monoisotopic (exact) mass is 303 g/mol. The zero-order valence-corrected chi connectivity index (χ0v) is 13.6. The van der Waals surface area contributed by atoms with Crippen molar-refractivity contribution >= 4 is 6.29 Å². The molecule has 1 aromatic heterocycles. The van der Waals surface area contributed by atoms with Gasteiger partial charge in [-0.25, -0.2) is 0 Å². The van der Waals surface area contributed by atoms with Crippen LogP contribution in [0.25, 0.3) is 5.69 Å². The molecule has 0 amide bonds. The molecule has 23 heavy (non-hydrogen) atoms. The third-order valence-corrected chi connectivity index (χ3v) is 4.34. The van der Waals surface area contributed by atoms with E-state index in [4.69, 9.17) is 0 Å². The van der Waals surface area contributed by atoms with Gasteiger partial charge in [-0.3, -0.25) is 4.79 Å². The van der Waals surface area contributed by atoms with Gasteiger partial charge in [0, 0.05) is 22.6 Å². The van der Waals surface area contributed by atoms with Gasteiger partial charge in [-0.05, 0) is 56.0 Å². The molecule has 0 spiro atoms. The molecule has 0 fully saturated rings. The van der Waals surface area contributed by atoms with Crippen molar-refractivity contribution in [2.24, 2.45) is 0 Å². The van der Waals surface area contributed by atoms with Crippen LogP contribution in [0.1, 0.15) is 32.9 Å². The van der Waals surface area contributed by atoms with Crippen LogP contribution in [0.15, 0.2) is 60.7 Å². The SMILES string of the molecule is Cc1cc(C=O)c(C)n1-c1ccc(CCc2ccccc2)cc1. The molecule has 3 aromatic rings. The number of nitrogens with zero attached hydrogens (tertiary/aromatic N) is 1. The quantitative estimate of drug-likeness (QED) is 0.627. The average Bonchev–Trinajstić information content (AvgIpc) is 2.88. The molecule has 0 aliphatic rings. The lowest BCUT2D eigenvalue weighted by Crippen LogP contribution is -2.00. The zero-order valence-electron chi connectivity index (χ0n) is 13.6. The summed E-state index contributed by atoms with van der Waals surface area (Å²) >= 11 is 0. The van der Waals surface area contributed by atoms with Crippen LogP contribution in [-0.4, -0.2) is 10.9 Å². The number of benzene rings is 2. The van der Waals surface area contributed by atoms with Crippen molar-refractivity contribution < 1.29 is 4.79 Å². The van der Waals surface area contributed by atoms with Crippen LogP contribution < -0.4 is 0 Å². The highest BCUT2D eigenvalue weighted by Crippen LogP contribution is 2.20. The molecule has 116 valence electrons. The summed E-state index contributed by atoms with van der Waals surface area (Å²) in [4.78, 5) is 11.1. The first kappa shape index (κ1) is 15.3. The third-order valence-electron chi connectivity index (χ3n) is 4.34. The number of hydrogen-bond acceptors (Lipinski definition) is 1. The molecule has 0 unspecified atom stereocenters. The summed E-state index contributed by atoms with van der Waals surface area (Å²) < 4.78 is 2.13. The fraction of sp³-hybridized carbons (Fsp3) is 0.190. The molecule has 0 N–H and O–H groups in total. The Hall–Kier alpha value is -2.61. The zero-order chi connectivity index (χ0) is 16.2. The summed E-state index contributed by atoms with van der Waals surface area (Å²) in [5.74, 6) is 0. The van der Waals surface area contributed by atoms with Crippen molar-refractivity contribution in [2.45, 2.75) is 26.7 Å². The fourth-order valence-corrected chi connectivity index (χ4v) is 3.05. The number of hydrogen-bond donors (Lipinski definition) is 0. The molecule has 0 aliphatic heterocycles. The Morgan fingerprint density at radius 1 is 0.870 bits per heavy atom. The number of carbonyl (C=O) groups is 1. The summed E-state index contributed by atoms with van der Waals surface area (Å²) in [6.45, 7) is 4.02. The van der Waals surface area contributed by atoms with E-state index in [1.807, 2.05) is 26.0 Å². The predicted octanol–water partition coefficient (Wildman–Crippen LogP) is 4.69. The van der Waals surface area contributed by atoms with Crippen molar-refractivity contribution in [3.8, 4) is 5.69 Å². The molecule has 0 aliphatic carbocycles. The van der Waals surface area contributed by atoms with Crippen LogP contribution in [0.5, 0.6) is 0 Å². The molecule has 2 nitrogen and oxygen atoms in total. The molecular formula is C21H21NO. The summed E-state index contributed by atoms with van der Waals surface area (Å²) in [7, 11) is 0. The van der Waals surface area contributed by atoms with Gasteiger partial charge in [-0.1, -0.05) is 42.5 Å².